The van der Waals surface area contributed by atoms with E-state index in [4.69, 9.17) is 5.11 Å². The molecule has 1 saturated heterocycles. The third kappa shape index (κ3) is 2.38. The summed E-state index contributed by atoms with van der Waals surface area (Å²) in [7, 11) is 0. The van der Waals surface area contributed by atoms with E-state index in [0.717, 1.165) is 13.0 Å². The van der Waals surface area contributed by atoms with Crippen molar-refractivity contribution in [2.45, 2.75) is 51.2 Å². The van der Waals surface area contributed by atoms with Gasteiger partial charge in [0.1, 0.15) is 0 Å². The normalized spacial score (nSPS) is 29.6. The number of likely N-dealkylation sites (tertiary alicyclic amines) is 1. The second kappa shape index (κ2) is 4.72. The fourth-order valence-corrected chi connectivity index (χ4v) is 2.26. The third-order valence-electron chi connectivity index (χ3n) is 3.86. The van der Waals surface area contributed by atoms with Crippen LogP contribution >= 0.6 is 0 Å². The Hall–Kier alpha value is -0.610. The molecule has 1 aliphatic carbocycles. The number of hydrogen-bond acceptors (Lipinski definition) is 3. The fraction of sp³-hybridized carbons (Fsp3) is 0.917. The van der Waals surface area contributed by atoms with Crippen LogP contribution in [-0.4, -0.2) is 47.2 Å². The molecule has 1 aliphatic heterocycles. The number of carbonyl (C=O) groups is 1. The van der Waals surface area contributed by atoms with Crippen molar-refractivity contribution in [1.82, 2.24) is 10.2 Å². The van der Waals surface area contributed by atoms with Crippen LogP contribution in [0.25, 0.3) is 0 Å². The highest BCUT2D eigenvalue weighted by atomic mass is 16.3. The highest BCUT2D eigenvalue weighted by Crippen LogP contribution is 2.24. The Bertz CT molecular complexity index is 266. The van der Waals surface area contributed by atoms with Crippen LogP contribution in [-0.2, 0) is 4.79 Å². The Labute approximate surface area is 97.0 Å². The number of rotatable bonds is 5. The molecule has 2 N–H and O–H groups in total. The topological polar surface area (TPSA) is 52.6 Å². The number of aliphatic hydroxyl groups is 1. The predicted molar refractivity (Wildman–Crippen MR) is 62.0 cm³/mol. The minimum Gasteiger partial charge on any atom is -0.396 e. The Morgan fingerprint density at radius 3 is 2.69 bits per heavy atom. The van der Waals surface area contributed by atoms with Crippen LogP contribution in [0.1, 0.15) is 33.1 Å². The molecule has 1 heterocycles. The minimum absolute atomic E-state index is 0.0286. The number of nitrogens with zero attached hydrogens (tertiary/aromatic N) is 1. The minimum atomic E-state index is 0.0286. The molecule has 1 saturated carbocycles. The molecule has 3 unspecified atom stereocenters. The Morgan fingerprint density at radius 2 is 2.12 bits per heavy atom. The molecule has 2 aliphatic rings. The van der Waals surface area contributed by atoms with Gasteiger partial charge in [0, 0.05) is 25.2 Å². The van der Waals surface area contributed by atoms with E-state index < -0.39 is 0 Å². The first-order valence-electron chi connectivity index (χ1n) is 6.31. The molecular formula is C12H22N2O2. The number of amides is 1. The lowest BCUT2D eigenvalue weighted by Crippen LogP contribution is -2.45. The van der Waals surface area contributed by atoms with Crippen molar-refractivity contribution in [2.75, 3.05) is 13.2 Å². The van der Waals surface area contributed by atoms with E-state index in [2.05, 4.69) is 5.32 Å². The largest absolute Gasteiger partial charge is 0.396 e. The van der Waals surface area contributed by atoms with Gasteiger partial charge in [0.15, 0.2) is 0 Å². The maximum absolute atomic E-state index is 12.1. The second-order valence-electron chi connectivity index (χ2n) is 5.21. The Balaban J connectivity index is 1.89. The van der Waals surface area contributed by atoms with Gasteiger partial charge in [-0.2, -0.15) is 0 Å². The summed E-state index contributed by atoms with van der Waals surface area (Å²) in [6.45, 7) is 4.98. The molecule has 1 amide bonds. The van der Waals surface area contributed by atoms with Crippen molar-refractivity contribution in [3.8, 4) is 0 Å². The first-order chi connectivity index (χ1) is 7.63. The summed E-state index contributed by atoms with van der Waals surface area (Å²) in [4.78, 5) is 14.0. The monoisotopic (exact) mass is 226 g/mol. The summed E-state index contributed by atoms with van der Waals surface area (Å²) in [5, 5.41) is 12.5. The van der Waals surface area contributed by atoms with Crippen molar-refractivity contribution in [3.63, 3.8) is 0 Å². The molecule has 2 fully saturated rings. The molecule has 16 heavy (non-hydrogen) atoms. The van der Waals surface area contributed by atoms with E-state index >= 15 is 0 Å². The summed E-state index contributed by atoms with van der Waals surface area (Å²) < 4.78 is 0. The van der Waals surface area contributed by atoms with Crippen LogP contribution in [0, 0.1) is 5.92 Å². The molecule has 0 aromatic rings. The predicted octanol–water partition coefficient (Wildman–Crippen LogP) is 0.356. The Kier molecular flexibility index (Phi) is 3.50. The van der Waals surface area contributed by atoms with Gasteiger partial charge in [0.25, 0.3) is 0 Å². The van der Waals surface area contributed by atoms with Gasteiger partial charge >= 0.3 is 0 Å². The summed E-state index contributed by atoms with van der Waals surface area (Å²) in [5.74, 6) is 0.378. The van der Waals surface area contributed by atoms with E-state index in [0.29, 0.717) is 6.04 Å². The number of hydrogen-bond donors (Lipinski definition) is 2. The zero-order chi connectivity index (χ0) is 11.7. The van der Waals surface area contributed by atoms with Gasteiger partial charge in [-0.1, -0.05) is 6.92 Å². The summed E-state index contributed by atoms with van der Waals surface area (Å²) in [6.07, 6.45) is 3.34. The maximum Gasteiger partial charge on any atom is 0.240 e. The van der Waals surface area contributed by atoms with Crippen LogP contribution < -0.4 is 5.32 Å². The molecule has 0 aromatic carbocycles. The molecule has 2 rings (SSSR count). The fourth-order valence-electron chi connectivity index (χ4n) is 2.26. The van der Waals surface area contributed by atoms with E-state index in [1.54, 1.807) is 0 Å². The Morgan fingerprint density at radius 1 is 1.44 bits per heavy atom. The molecule has 0 aromatic heterocycles. The van der Waals surface area contributed by atoms with Gasteiger partial charge in [-0.25, -0.2) is 0 Å². The quantitative estimate of drug-likeness (QED) is 0.711. The average Bonchev–Trinajstić information content (AvgIpc) is 3.03. The average molecular weight is 226 g/mol. The zero-order valence-corrected chi connectivity index (χ0v) is 10.1. The van der Waals surface area contributed by atoms with Gasteiger partial charge in [0.05, 0.1) is 6.04 Å². The number of nitrogens with one attached hydrogen (secondary N) is 1. The van der Waals surface area contributed by atoms with Crippen LogP contribution in [0.5, 0.6) is 0 Å². The van der Waals surface area contributed by atoms with Gasteiger partial charge in [-0.15, -0.1) is 0 Å². The highest BCUT2D eigenvalue weighted by molar-refractivity contribution is 5.84. The first kappa shape index (κ1) is 11.9. The van der Waals surface area contributed by atoms with Crippen LogP contribution in [0.2, 0.25) is 0 Å². The molecule has 3 atom stereocenters. The maximum atomic E-state index is 12.1. The molecule has 0 radical (unpaired) electrons. The van der Waals surface area contributed by atoms with Crippen LogP contribution in [0.15, 0.2) is 0 Å². The van der Waals surface area contributed by atoms with Gasteiger partial charge < -0.3 is 15.3 Å². The SMILES string of the molecule is CC(CO)C(C)N1CCC(NC2CC2)C1=O. The van der Waals surface area contributed by atoms with Crippen molar-refractivity contribution in [1.29, 1.82) is 0 Å². The lowest BCUT2D eigenvalue weighted by Gasteiger charge is -2.29. The lowest BCUT2D eigenvalue weighted by molar-refractivity contribution is -0.132. The second-order valence-corrected chi connectivity index (χ2v) is 5.21. The van der Waals surface area contributed by atoms with Crippen molar-refractivity contribution < 1.29 is 9.90 Å². The lowest BCUT2D eigenvalue weighted by atomic mass is 10.0. The summed E-state index contributed by atoms with van der Waals surface area (Å²) in [6, 6.07) is 0.754. The van der Waals surface area contributed by atoms with E-state index in [1.807, 2.05) is 18.7 Å². The van der Waals surface area contributed by atoms with Gasteiger partial charge in [-0.3, -0.25) is 4.79 Å². The summed E-state index contributed by atoms with van der Waals surface area (Å²) >= 11 is 0. The van der Waals surface area contributed by atoms with E-state index in [1.165, 1.54) is 12.8 Å². The van der Waals surface area contributed by atoms with Gasteiger partial charge in [-0.05, 0) is 32.1 Å². The van der Waals surface area contributed by atoms with Crippen molar-refractivity contribution in [2.24, 2.45) is 5.92 Å². The van der Waals surface area contributed by atoms with Crippen LogP contribution in [0.4, 0.5) is 0 Å². The standard InChI is InChI=1S/C12H22N2O2/c1-8(7-15)9(2)14-6-5-11(12(14)16)13-10-3-4-10/h8-11,13,15H,3-7H2,1-2H3. The van der Waals surface area contributed by atoms with Gasteiger partial charge in [0.2, 0.25) is 5.91 Å². The van der Waals surface area contributed by atoms with Crippen molar-refractivity contribution in [3.05, 3.63) is 0 Å². The molecule has 4 heteroatoms. The first-order valence-corrected chi connectivity index (χ1v) is 6.31. The molecule has 0 bridgehead atoms. The highest BCUT2D eigenvalue weighted by Gasteiger charge is 2.38. The van der Waals surface area contributed by atoms with Crippen LogP contribution in [0.3, 0.4) is 0 Å². The molecule has 4 nitrogen and oxygen atoms in total. The number of aliphatic hydroxyl groups excluding tert-OH is 1. The van der Waals surface area contributed by atoms with E-state index in [9.17, 15) is 4.79 Å². The molecular weight excluding hydrogens is 204 g/mol. The third-order valence-corrected chi connectivity index (χ3v) is 3.86. The smallest absolute Gasteiger partial charge is 0.240 e. The van der Waals surface area contributed by atoms with E-state index in [-0.39, 0.29) is 30.5 Å². The van der Waals surface area contributed by atoms with Crippen molar-refractivity contribution >= 4 is 5.91 Å². The molecule has 92 valence electrons. The number of carbonyl (C=O) groups excluding carboxylic acids is 1. The summed E-state index contributed by atoms with van der Waals surface area (Å²) in [5.41, 5.74) is 0. The molecule has 0 spiro atoms. The zero-order valence-electron chi connectivity index (χ0n) is 10.1.